The van der Waals surface area contributed by atoms with Gasteiger partial charge in [-0.1, -0.05) is 62.9 Å². The van der Waals surface area contributed by atoms with Gasteiger partial charge in [-0.2, -0.15) is 0 Å². The number of nitrogens with one attached hydrogen (secondary N) is 1. The summed E-state index contributed by atoms with van der Waals surface area (Å²) in [6.07, 6.45) is 1.51. The van der Waals surface area contributed by atoms with Crippen LogP contribution in [0.25, 0.3) is 5.57 Å². The lowest BCUT2D eigenvalue weighted by Gasteiger charge is -2.48. The van der Waals surface area contributed by atoms with Crippen LogP contribution in [0.3, 0.4) is 0 Å². The Bertz CT molecular complexity index is 1790. The van der Waals surface area contributed by atoms with Gasteiger partial charge < -0.3 is 33.9 Å². The van der Waals surface area contributed by atoms with E-state index >= 15 is 4.79 Å². The molecule has 3 aromatic carbocycles. The van der Waals surface area contributed by atoms with Gasteiger partial charge >= 0.3 is 6.09 Å². The number of carbonyl (C=O) groups is 2. The molecule has 2 aliphatic heterocycles. The van der Waals surface area contributed by atoms with Crippen LogP contribution in [0.5, 0.6) is 23.0 Å². The van der Waals surface area contributed by atoms with E-state index in [9.17, 15) is 4.79 Å². The molecule has 1 saturated carbocycles. The number of ether oxygens (including phenoxy) is 5. The van der Waals surface area contributed by atoms with E-state index in [0.717, 1.165) is 39.8 Å². The van der Waals surface area contributed by atoms with Crippen LogP contribution in [0.4, 0.5) is 4.79 Å². The van der Waals surface area contributed by atoms with E-state index in [1.54, 1.807) is 39.0 Å². The number of methoxy groups -OCH3 is 2. The molecule has 53 heavy (non-hydrogen) atoms. The minimum atomic E-state index is -1.87. The van der Waals surface area contributed by atoms with Gasteiger partial charge in [-0.05, 0) is 98.3 Å². The molecule has 2 unspecified atom stereocenters. The van der Waals surface area contributed by atoms with Gasteiger partial charge in [0.1, 0.15) is 36.2 Å². The van der Waals surface area contributed by atoms with Crippen molar-refractivity contribution in [1.29, 1.82) is 0 Å². The van der Waals surface area contributed by atoms with Gasteiger partial charge in [0.05, 0.1) is 26.3 Å². The van der Waals surface area contributed by atoms with Gasteiger partial charge in [-0.3, -0.25) is 9.69 Å². The van der Waals surface area contributed by atoms with Crippen LogP contribution in [-0.2, 0) is 16.1 Å². The molecule has 3 aromatic rings. The Morgan fingerprint density at radius 3 is 2.00 bits per heavy atom. The Morgan fingerprint density at radius 2 is 1.45 bits per heavy atom. The highest BCUT2D eigenvalue weighted by atomic mass is 79.9. The van der Waals surface area contributed by atoms with Crippen molar-refractivity contribution in [2.75, 3.05) is 40.5 Å². The lowest BCUT2D eigenvalue weighted by molar-refractivity contribution is -0.129. The molecule has 2 bridgehead atoms. The number of hydrogen-bond acceptors (Lipinski definition) is 8. The molecule has 284 valence electrons. The van der Waals surface area contributed by atoms with Crippen molar-refractivity contribution in [3.05, 3.63) is 87.9 Å². The number of rotatable bonds is 13. The molecule has 2 heterocycles. The Balaban J connectivity index is 1.31. The predicted molar refractivity (Wildman–Crippen MR) is 209 cm³/mol. The molecule has 1 aliphatic carbocycles. The van der Waals surface area contributed by atoms with Crippen LogP contribution < -0.4 is 24.3 Å². The number of hydrogen-bond donors (Lipinski definition) is 1. The molecule has 2 fully saturated rings. The Kier molecular flexibility index (Phi) is 12.3. The topological polar surface area (TPSA) is 98.8 Å². The average molecular weight is 852 g/mol. The Morgan fingerprint density at radius 1 is 0.868 bits per heavy atom. The summed E-state index contributed by atoms with van der Waals surface area (Å²) < 4.78 is 27.8. The number of fused-ring (bicyclic) bond motifs is 2. The molecule has 10 nitrogen and oxygen atoms in total. The van der Waals surface area contributed by atoms with Gasteiger partial charge in [0.2, 0.25) is 3.79 Å². The second-order valence-electron chi connectivity index (χ2n) is 13.8. The minimum absolute atomic E-state index is 0.0434. The first kappa shape index (κ1) is 39.3. The summed E-state index contributed by atoms with van der Waals surface area (Å²) in [5.41, 5.74) is 1.70. The van der Waals surface area contributed by atoms with Gasteiger partial charge in [-0.25, -0.2) is 4.79 Å². The van der Waals surface area contributed by atoms with E-state index in [2.05, 4.69) is 21.2 Å². The maximum Gasteiger partial charge on any atom is 0.411 e. The van der Waals surface area contributed by atoms with Crippen molar-refractivity contribution in [2.45, 2.75) is 67.2 Å². The summed E-state index contributed by atoms with van der Waals surface area (Å²) in [7, 11) is 3.19. The number of piperazine rings is 1. The van der Waals surface area contributed by atoms with Crippen LogP contribution in [0.1, 0.15) is 44.2 Å². The molecule has 1 N–H and O–H groups in total. The summed E-state index contributed by atoms with van der Waals surface area (Å²) in [5.74, 6) is 2.54. The first-order valence-corrected chi connectivity index (χ1v) is 19.4. The maximum absolute atomic E-state index is 15.1. The second kappa shape index (κ2) is 16.6. The molecular formula is C39H43BrCl3N3O7. The zero-order valence-corrected chi connectivity index (χ0v) is 33.9. The number of carbonyl (C=O) groups excluding carboxylic acids is 2. The SMILES string of the molecule is COc1cc(CN(C(=O)C2=C(c3ccc(OCCOc4ccc(Br)cc4)cc3)CC3CNCC2N3C(=O)OC(C)(C)C(Cl)(Cl)Cl)C2CC2)cc(OC)c1. The lowest BCUT2D eigenvalue weighted by Crippen LogP contribution is -2.64. The first-order chi connectivity index (χ1) is 25.3. The zero-order chi connectivity index (χ0) is 37.9. The Labute approximate surface area is 333 Å². The molecule has 6 rings (SSSR count). The fourth-order valence-corrected chi connectivity index (χ4v) is 6.99. The number of nitrogens with zero attached hydrogens (tertiary/aromatic N) is 2. The van der Waals surface area contributed by atoms with Crippen molar-refractivity contribution < 1.29 is 33.3 Å². The zero-order valence-electron chi connectivity index (χ0n) is 30.0. The maximum atomic E-state index is 15.1. The third-order valence-corrected chi connectivity index (χ3v) is 11.6. The highest BCUT2D eigenvalue weighted by molar-refractivity contribution is 9.10. The van der Waals surface area contributed by atoms with Crippen LogP contribution in [0.15, 0.2) is 76.8 Å². The molecular weight excluding hydrogens is 809 g/mol. The van der Waals surface area contributed by atoms with E-state index in [0.29, 0.717) is 62.1 Å². The van der Waals surface area contributed by atoms with Crippen molar-refractivity contribution in [3.63, 3.8) is 0 Å². The molecule has 0 aromatic heterocycles. The van der Waals surface area contributed by atoms with Crippen molar-refractivity contribution in [1.82, 2.24) is 15.1 Å². The molecule has 2 atom stereocenters. The number of amides is 2. The third-order valence-electron chi connectivity index (χ3n) is 9.66. The number of halogens is 4. The largest absolute Gasteiger partial charge is 0.497 e. The number of benzene rings is 3. The summed E-state index contributed by atoms with van der Waals surface area (Å²) >= 11 is 22.1. The normalized spacial score (nSPS) is 18.7. The summed E-state index contributed by atoms with van der Waals surface area (Å²) in [4.78, 5) is 32.6. The molecule has 3 aliphatic rings. The number of alkyl halides is 3. The highest BCUT2D eigenvalue weighted by Crippen LogP contribution is 2.44. The Hall–Kier alpha value is -3.35. The fraction of sp³-hybridized carbons (Fsp3) is 0.436. The van der Waals surface area contributed by atoms with Crippen molar-refractivity contribution in [2.24, 2.45) is 0 Å². The quantitative estimate of drug-likeness (QED) is 0.136. The summed E-state index contributed by atoms with van der Waals surface area (Å²) in [6.45, 7) is 5.01. The van der Waals surface area contributed by atoms with Gasteiger partial charge in [-0.15, -0.1) is 0 Å². The molecule has 1 saturated heterocycles. The van der Waals surface area contributed by atoms with Crippen molar-refractivity contribution in [3.8, 4) is 23.0 Å². The minimum Gasteiger partial charge on any atom is -0.497 e. The van der Waals surface area contributed by atoms with Gasteiger partial charge in [0.25, 0.3) is 5.91 Å². The van der Waals surface area contributed by atoms with Crippen LogP contribution >= 0.6 is 50.7 Å². The summed E-state index contributed by atoms with van der Waals surface area (Å²) in [6, 6.07) is 20.0. The highest BCUT2D eigenvalue weighted by Gasteiger charge is 2.50. The van der Waals surface area contributed by atoms with E-state index < -0.39 is 21.5 Å². The van der Waals surface area contributed by atoms with Crippen LogP contribution in [0, 0.1) is 0 Å². The van der Waals surface area contributed by atoms with E-state index in [4.69, 9.17) is 58.5 Å². The molecule has 14 heteroatoms. The fourth-order valence-electron chi connectivity index (χ4n) is 6.61. The molecule has 0 spiro atoms. The van der Waals surface area contributed by atoms with Gasteiger partial charge in [0, 0.05) is 41.8 Å². The molecule has 0 radical (unpaired) electrons. The van der Waals surface area contributed by atoms with Crippen LogP contribution in [0.2, 0.25) is 0 Å². The van der Waals surface area contributed by atoms with E-state index in [1.165, 1.54) is 0 Å². The lowest BCUT2D eigenvalue weighted by atomic mass is 9.82. The average Bonchev–Trinajstić information content (AvgIpc) is 3.97. The first-order valence-electron chi connectivity index (χ1n) is 17.4. The predicted octanol–water partition coefficient (Wildman–Crippen LogP) is 8.20. The summed E-state index contributed by atoms with van der Waals surface area (Å²) in [5, 5.41) is 3.44. The molecule has 2 amide bonds. The van der Waals surface area contributed by atoms with Gasteiger partial charge in [0.15, 0.2) is 5.60 Å². The van der Waals surface area contributed by atoms with E-state index in [1.807, 2.05) is 65.6 Å². The third kappa shape index (κ3) is 9.31. The van der Waals surface area contributed by atoms with E-state index in [-0.39, 0.29) is 18.0 Å². The second-order valence-corrected chi connectivity index (χ2v) is 17.0. The van der Waals surface area contributed by atoms with Crippen LogP contribution in [-0.4, -0.2) is 89.8 Å². The monoisotopic (exact) mass is 849 g/mol. The van der Waals surface area contributed by atoms with Crippen molar-refractivity contribution >= 4 is 68.3 Å². The standard InChI is InChI=1S/C39H43BrCl3N3O7/c1-38(2,39(41,42)43)53-37(48)46-28-19-33(25-5-11-29(12-6-25)51-15-16-52-30-13-7-26(40)8-14-30)35(34(46)22-44-21-28)36(47)45(27-9-10-27)23-24-17-31(49-3)20-32(18-24)50-4/h5-8,11-14,17-18,20,27-28,34,44H,9-10,15-16,19,21-23H2,1-4H3. The smallest absolute Gasteiger partial charge is 0.411 e.